The van der Waals surface area contributed by atoms with Gasteiger partial charge in [0.05, 0.1) is 16.9 Å². The van der Waals surface area contributed by atoms with E-state index >= 15 is 4.39 Å². The number of fused-ring (bicyclic) bond motifs is 1. The number of pyridine rings is 1. The van der Waals surface area contributed by atoms with Crippen LogP contribution in [0.15, 0.2) is 36.8 Å². The van der Waals surface area contributed by atoms with Crippen molar-refractivity contribution in [3.8, 4) is 17.2 Å². The maximum Gasteiger partial charge on any atom is 0.215 e. The minimum Gasteiger partial charge on any atom is -0.347 e. The molecule has 0 aliphatic heterocycles. The van der Waals surface area contributed by atoms with E-state index in [1.54, 1.807) is 19.1 Å². The Balaban J connectivity index is 1.87. The smallest absolute Gasteiger partial charge is 0.215 e. The van der Waals surface area contributed by atoms with Crippen molar-refractivity contribution in [2.45, 2.75) is 58.4 Å². The fourth-order valence-corrected chi connectivity index (χ4v) is 5.59. The van der Waals surface area contributed by atoms with Gasteiger partial charge in [0.2, 0.25) is 10.0 Å². The second kappa shape index (κ2) is 7.98. The molecule has 3 aromatic rings. The Morgan fingerprint density at radius 3 is 2.66 bits per heavy atom. The van der Waals surface area contributed by atoms with E-state index in [0.29, 0.717) is 41.5 Å². The van der Waals surface area contributed by atoms with Crippen molar-refractivity contribution in [2.24, 2.45) is 5.41 Å². The summed E-state index contributed by atoms with van der Waals surface area (Å²) in [6.07, 6.45) is 6.27. The molecule has 4 rings (SSSR count). The summed E-state index contributed by atoms with van der Waals surface area (Å²) in [4.78, 5) is 4.07. The predicted octanol–water partition coefficient (Wildman–Crippen LogP) is 4.90. The topological polar surface area (TPSA) is 87.8 Å². The van der Waals surface area contributed by atoms with Crippen molar-refractivity contribution < 1.29 is 12.8 Å². The van der Waals surface area contributed by atoms with Gasteiger partial charge in [-0.25, -0.2) is 17.5 Å². The molecule has 168 valence electrons. The molecule has 32 heavy (non-hydrogen) atoms. The molecule has 1 aliphatic carbocycles. The zero-order valence-electron chi connectivity index (χ0n) is 18.7. The van der Waals surface area contributed by atoms with Gasteiger partial charge in [0.25, 0.3) is 0 Å². The molecule has 0 amide bonds. The summed E-state index contributed by atoms with van der Waals surface area (Å²) < 4.78 is 45.1. The van der Waals surface area contributed by atoms with Crippen LogP contribution in [0.4, 0.5) is 4.39 Å². The minimum atomic E-state index is -3.40. The van der Waals surface area contributed by atoms with E-state index in [0.717, 1.165) is 11.1 Å². The lowest BCUT2D eigenvalue weighted by atomic mass is 9.96. The first kappa shape index (κ1) is 22.4. The molecule has 0 spiro atoms. The van der Waals surface area contributed by atoms with E-state index in [2.05, 4.69) is 36.5 Å². The summed E-state index contributed by atoms with van der Waals surface area (Å²) in [5.41, 5.74) is 2.54. The molecule has 0 bridgehead atoms. The second-order valence-corrected chi connectivity index (χ2v) is 11.7. The van der Waals surface area contributed by atoms with Crippen LogP contribution in [0.5, 0.6) is 0 Å². The maximum atomic E-state index is 15.3. The Morgan fingerprint density at radius 1 is 1.31 bits per heavy atom. The standard InChI is InChI=1S/C24H27FN4O2S/c1-15(28-32(30,31)17-5-6-17)21-13-29(14-24(2,3)4)23-10-18(22(25)9-19(21)23)20-12-27-8-7-16(20)11-26/h7-10,12-13,15,17,28H,5-6,14H2,1-4H3/t15-/m0/s1. The van der Waals surface area contributed by atoms with E-state index in [-0.39, 0.29) is 10.7 Å². The van der Waals surface area contributed by atoms with E-state index in [9.17, 15) is 13.7 Å². The van der Waals surface area contributed by atoms with E-state index in [1.807, 2.05) is 10.8 Å². The van der Waals surface area contributed by atoms with Crippen LogP contribution in [0.3, 0.4) is 0 Å². The van der Waals surface area contributed by atoms with Crippen LogP contribution in [0.25, 0.3) is 22.0 Å². The Kier molecular flexibility index (Phi) is 5.60. The highest BCUT2D eigenvalue weighted by Crippen LogP contribution is 2.36. The van der Waals surface area contributed by atoms with Gasteiger partial charge in [0, 0.05) is 53.2 Å². The van der Waals surface area contributed by atoms with Crippen LogP contribution in [-0.4, -0.2) is 23.2 Å². The summed E-state index contributed by atoms with van der Waals surface area (Å²) in [7, 11) is -3.40. The van der Waals surface area contributed by atoms with Gasteiger partial charge in [-0.1, -0.05) is 20.8 Å². The van der Waals surface area contributed by atoms with Crippen molar-refractivity contribution in [3.63, 3.8) is 0 Å². The summed E-state index contributed by atoms with van der Waals surface area (Å²) in [6.45, 7) is 8.77. The van der Waals surface area contributed by atoms with E-state index in [4.69, 9.17) is 0 Å². The van der Waals surface area contributed by atoms with Gasteiger partial charge in [0.15, 0.2) is 0 Å². The zero-order chi connectivity index (χ0) is 23.3. The van der Waals surface area contributed by atoms with E-state index < -0.39 is 21.9 Å². The van der Waals surface area contributed by atoms with Crippen LogP contribution in [0, 0.1) is 22.6 Å². The molecule has 1 fully saturated rings. The maximum absolute atomic E-state index is 15.3. The van der Waals surface area contributed by atoms with Crippen molar-refractivity contribution in [3.05, 3.63) is 53.7 Å². The number of hydrogen-bond acceptors (Lipinski definition) is 4. The van der Waals surface area contributed by atoms with Gasteiger partial charge in [-0.3, -0.25) is 4.98 Å². The number of sulfonamides is 1. The van der Waals surface area contributed by atoms with Gasteiger partial charge in [-0.05, 0) is 48.9 Å². The molecule has 2 aromatic heterocycles. The summed E-state index contributed by atoms with van der Waals surface area (Å²) in [5.74, 6) is -0.478. The third kappa shape index (κ3) is 4.41. The van der Waals surface area contributed by atoms with Gasteiger partial charge in [0.1, 0.15) is 5.82 Å². The van der Waals surface area contributed by atoms with Crippen molar-refractivity contribution in [2.75, 3.05) is 0 Å². The molecule has 1 aliphatic rings. The number of nitriles is 1. The van der Waals surface area contributed by atoms with Crippen LogP contribution < -0.4 is 4.72 Å². The Bertz CT molecular complexity index is 1330. The monoisotopic (exact) mass is 454 g/mol. The summed E-state index contributed by atoms with van der Waals surface area (Å²) in [5, 5.41) is 9.78. The largest absolute Gasteiger partial charge is 0.347 e. The third-order valence-electron chi connectivity index (χ3n) is 5.65. The van der Waals surface area contributed by atoms with Crippen molar-refractivity contribution in [1.29, 1.82) is 5.26 Å². The molecule has 0 saturated heterocycles. The van der Waals surface area contributed by atoms with Crippen LogP contribution in [0.1, 0.15) is 57.7 Å². The zero-order valence-corrected chi connectivity index (χ0v) is 19.5. The fourth-order valence-electron chi connectivity index (χ4n) is 4.02. The number of nitrogens with zero attached hydrogens (tertiary/aromatic N) is 3. The molecule has 2 heterocycles. The molecule has 1 aromatic carbocycles. The van der Waals surface area contributed by atoms with Crippen LogP contribution >= 0.6 is 0 Å². The molecular formula is C24H27FN4O2S. The first-order valence-corrected chi connectivity index (χ1v) is 12.2. The van der Waals surface area contributed by atoms with Crippen molar-refractivity contribution >= 4 is 20.9 Å². The highest BCUT2D eigenvalue weighted by atomic mass is 32.2. The highest BCUT2D eigenvalue weighted by molar-refractivity contribution is 7.90. The Hall–Kier alpha value is -2.76. The summed E-state index contributed by atoms with van der Waals surface area (Å²) >= 11 is 0. The lowest BCUT2D eigenvalue weighted by Crippen LogP contribution is -2.29. The first-order chi connectivity index (χ1) is 15.0. The molecule has 1 saturated carbocycles. The molecule has 8 heteroatoms. The molecular weight excluding hydrogens is 427 g/mol. The minimum absolute atomic E-state index is 0.0549. The third-order valence-corrected chi connectivity index (χ3v) is 7.68. The predicted molar refractivity (Wildman–Crippen MR) is 123 cm³/mol. The van der Waals surface area contributed by atoms with Gasteiger partial charge >= 0.3 is 0 Å². The van der Waals surface area contributed by atoms with Gasteiger partial charge in [-0.2, -0.15) is 5.26 Å². The number of benzene rings is 1. The van der Waals surface area contributed by atoms with Crippen LogP contribution in [-0.2, 0) is 16.6 Å². The molecule has 0 radical (unpaired) electrons. The average Bonchev–Trinajstić information content (AvgIpc) is 3.51. The van der Waals surface area contributed by atoms with Crippen LogP contribution in [0.2, 0.25) is 0 Å². The normalized spacial score (nSPS) is 15.6. The molecule has 0 unspecified atom stereocenters. The molecule has 1 N–H and O–H groups in total. The number of rotatable bonds is 6. The Labute approximate surface area is 188 Å². The highest BCUT2D eigenvalue weighted by Gasteiger charge is 2.37. The average molecular weight is 455 g/mol. The number of halogens is 1. The Morgan fingerprint density at radius 2 is 2.03 bits per heavy atom. The number of nitrogens with one attached hydrogen (secondary N) is 1. The molecule has 1 atom stereocenters. The van der Waals surface area contributed by atoms with Gasteiger partial charge in [-0.15, -0.1) is 0 Å². The van der Waals surface area contributed by atoms with Crippen molar-refractivity contribution in [1.82, 2.24) is 14.3 Å². The van der Waals surface area contributed by atoms with E-state index in [1.165, 1.54) is 18.5 Å². The fraction of sp³-hybridized carbons (Fsp3) is 0.417. The number of aromatic nitrogens is 2. The second-order valence-electron chi connectivity index (χ2n) is 9.74. The first-order valence-electron chi connectivity index (χ1n) is 10.7. The SMILES string of the molecule is C[C@H](NS(=O)(=O)C1CC1)c1cn(CC(C)(C)C)c2cc(-c3cnccc3C#N)c(F)cc12. The number of hydrogen-bond donors (Lipinski definition) is 1. The molecule has 6 nitrogen and oxygen atoms in total. The lowest BCUT2D eigenvalue weighted by Gasteiger charge is -2.20. The summed E-state index contributed by atoms with van der Waals surface area (Å²) in [6, 6.07) is 6.34. The quantitative estimate of drug-likeness (QED) is 0.574. The lowest BCUT2D eigenvalue weighted by molar-refractivity contribution is 0.349. The van der Waals surface area contributed by atoms with Gasteiger partial charge < -0.3 is 4.57 Å².